The van der Waals surface area contributed by atoms with Crippen LogP contribution in [0.5, 0.6) is 0 Å². The number of carboxylic acid groups (broad SMARTS) is 1. The van der Waals surface area contributed by atoms with Gasteiger partial charge in [-0.25, -0.2) is 18.2 Å². The number of benzene rings is 2. The monoisotopic (exact) mass is 795 g/mol. The molecule has 1 aliphatic carbocycles. The average Bonchev–Trinajstić information content (AvgIpc) is 3.15. The number of esters is 1. The molecular weight excluding hydrogens is 748 g/mol. The summed E-state index contributed by atoms with van der Waals surface area (Å²) in [6.07, 6.45) is 8.99. The number of carbonyl (C=O) groups excluding carboxylic acids is 3. The molecule has 2 aromatic carbocycles. The smallest absolute Gasteiger partial charge is 0.357 e. The quantitative estimate of drug-likeness (QED) is 0.0843. The van der Waals surface area contributed by atoms with E-state index in [1.54, 1.807) is 10.6 Å². The molecule has 0 bridgehead atoms. The minimum atomic E-state index is -2.57. The van der Waals surface area contributed by atoms with Crippen molar-refractivity contribution in [3.8, 4) is 0 Å². The Balaban J connectivity index is 1.28. The van der Waals surface area contributed by atoms with Gasteiger partial charge in [-0.15, -0.1) is 11.6 Å². The van der Waals surface area contributed by atoms with E-state index in [0.29, 0.717) is 49.9 Å². The molecule has 2 fully saturated rings. The second kappa shape index (κ2) is 17.3. The van der Waals surface area contributed by atoms with E-state index in [4.69, 9.17) is 21.1 Å². The Labute approximate surface area is 326 Å². The summed E-state index contributed by atoms with van der Waals surface area (Å²) in [5.41, 5.74) is 2.23. The third-order valence-corrected chi connectivity index (χ3v) is 14.5. The molecule has 6 rings (SSSR count). The molecule has 55 heavy (non-hydrogen) atoms. The molecule has 0 atom stereocenters. The number of nitrogens with zero attached hydrogens (tertiary/aromatic N) is 2. The van der Waals surface area contributed by atoms with Crippen molar-refractivity contribution in [3.63, 3.8) is 0 Å². The zero-order valence-corrected chi connectivity index (χ0v) is 33.3. The summed E-state index contributed by atoms with van der Waals surface area (Å²) in [6, 6.07) is 10.4. The van der Waals surface area contributed by atoms with Gasteiger partial charge >= 0.3 is 11.6 Å². The van der Waals surface area contributed by atoms with Gasteiger partial charge in [-0.1, -0.05) is 38.1 Å². The topological polar surface area (TPSA) is 120 Å². The predicted octanol–water partition coefficient (Wildman–Crippen LogP) is 3.89. The van der Waals surface area contributed by atoms with Crippen molar-refractivity contribution in [2.75, 3.05) is 77.0 Å². The number of hydrogen-bond acceptors (Lipinski definition) is 8. The normalized spacial score (nSPS) is 20.0. The fraction of sp³-hybridized carbons (Fsp3) is 0.463. The highest BCUT2D eigenvalue weighted by Gasteiger charge is 2.58. The summed E-state index contributed by atoms with van der Waals surface area (Å²) >= 11 is 5.71. The minimum Gasteiger partial charge on any atom is -0.545 e. The van der Waals surface area contributed by atoms with E-state index in [2.05, 4.69) is 29.2 Å². The van der Waals surface area contributed by atoms with E-state index < -0.39 is 37.8 Å². The maximum atomic E-state index is 15.2. The van der Waals surface area contributed by atoms with Crippen LogP contribution < -0.4 is 20.5 Å². The number of rotatable bonds is 17. The van der Waals surface area contributed by atoms with Gasteiger partial charge in [0.1, 0.15) is 14.2 Å². The van der Waals surface area contributed by atoms with Crippen LogP contribution >= 0.6 is 11.6 Å². The van der Waals surface area contributed by atoms with Gasteiger partial charge in [0, 0.05) is 48.0 Å². The molecule has 4 aliphatic rings. The van der Waals surface area contributed by atoms with Gasteiger partial charge in [0.15, 0.2) is 18.8 Å². The van der Waals surface area contributed by atoms with Gasteiger partial charge in [0.05, 0.1) is 46.0 Å². The van der Waals surface area contributed by atoms with Crippen LogP contribution in [0.2, 0.25) is 13.1 Å². The molecule has 0 radical (unpaired) electrons. The number of alkyl halides is 3. The molecule has 2 aromatic rings. The molecule has 3 heterocycles. The van der Waals surface area contributed by atoms with Crippen LogP contribution in [0.1, 0.15) is 57.5 Å². The summed E-state index contributed by atoms with van der Waals surface area (Å²) in [6.45, 7) is 6.68. The summed E-state index contributed by atoms with van der Waals surface area (Å²) in [4.78, 5) is 40.2. The number of hydrogen-bond donors (Lipinski definition) is 1. The van der Waals surface area contributed by atoms with Gasteiger partial charge in [0.2, 0.25) is 0 Å². The Morgan fingerprint density at radius 3 is 2.40 bits per heavy atom. The standard InChI is InChI=1S/C41H48ClF2N3O7Si/c1-52-40(51)41(44)25-47(26-41)30-10-13-33-36(22-30)55(2,3)35-21-29(46-23-28(43)24-46)9-12-32(35)37(33)34-20-27(8-11-31(34)39(49)50)38(48)45-15-17-54-19-18-53-16-7-5-4-6-14-42/h8-13,20-22,28H,4-7,14-19,23-26H2,1-3H3,(H-,45,48,49,50). The molecular formula is C41H48ClF2N3O7Si. The SMILES string of the molecule is COC(=O)C1(F)C[N+](=C2C=CC3=C(c4cc(C(=O)NCCOCCOCCCCCCCl)ccc4C(=O)[O-])c4ccc(N5CC(F)C5)cc4[Si](C)(C)C3=C2)C1. The second-order valence-corrected chi connectivity index (χ2v) is 19.6. The Kier molecular flexibility index (Phi) is 12.7. The summed E-state index contributed by atoms with van der Waals surface area (Å²) in [5.74, 6) is -2.02. The molecule has 14 heteroatoms. The van der Waals surface area contributed by atoms with Crippen LogP contribution in [0.25, 0.3) is 5.57 Å². The van der Waals surface area contributed by atoms with Crippen LogP contribution in [0.4, 0.5) is 14.5 Å². The minimum absolute atomic E-state index is 0.0774. The summed E-state index contributed by atoms with van der Waals surface area (Å²) in [7, 11) is -1.40. The van der Waals surface area contributed by atoms with Crippen molar-refractivity contribution >= 4 is 59.7 Å². The number of anilines is 1. The number of ether oxygens (including phenoxy) is 3. The Hall–Kier alpha value is -4.17. The average molecular weight is 796 g/mol. The molecule has 0 spiro atoms. The van der Waals surface area contributed by atoms with E-state index in [9.17, 15) is 23.9 Å². The second-order valence-electron chi connectivity index (χ2n) is 14.9. The predicted molar refractivity (Wildman–Crippen MR) is 209 cm³/mol. The van der Waals surface area contributed by atoms with Crippen molar-refractivity contribution in [3.05, 3.63) is 87.6 Å². The number of unbranched alkanes of at least 4 members (excludes halogenated alkanes) is 3. The molecule has 0 unspecified atom stereocenters. The van der Waals surface area contributed by atoms with E-state index in [1.807, 2.05) is 35.3 Å². The Morgan fingerprint density at radius 1 is 0.982 bits per heavy atom. The highest BCUT2D eigenvalue weighted by Crippen LogP contribution is 2.43. The van der Waals surface area contributed by atoms with Crippen LogP contribution in [0, 0.1) is 0 Å². The highest BCUT2D eigenvalue weighted by molar-refractivity contribution is 6.98. The Bertz CT molecular complexity index is 1950. The number of nitrogens with one attached hydrogen (secondary N) is 1. The largest absolute Gasteiger partial charge is 0.545 e. The van der Waals surface area contributed by atoms with E-state index in [-0.39, 0.29) is 37.4 Å². The lowest BCUT2D eigenvalue weighted by Crippen LogP contribution is -2.61. The number of methoxy groups -OCH3 is 1. The number of carbonyl (C=O) groups is 3. The van der Waals surface area contributed by atoms with E-state index in [1.165, 1.54) is 12.1 Å². The Morgan fingerprint density at radius 2 is 1.71 bits per heavy atom. The molecule has 3 aliphatic heterocycles. The number of allylic oxidation sites excluding steroid dienone is 5. The number of fused-ring (bicyclic) bond motifs is 2. The molecule has 0 aromatic heterocycles. The van der Waals surface area contributed by atoms with Crippen molar-refractivity contribution in [2.45, 2.75) is 50.6 Å². The first-order valence-corrected chi connectivity index (χ1v) is 22.3. The third-order valence-electron chi connectivity index (χ3n) is 10.7. The summed E-state index contributed by atoms with van der Waals surface area (Å²) < 4.78 is 46.8. The van der Waals surface area contributed by atoms with Gasteiger partial charge in [0.25, 0.3) is 5.91 Å². The molecule has 1 N–H and O–H groups in total. The maximum Gasteiger partial charge on any atom is 0.357 e. The number of amides is 1. The lowest BCUT2D eigenvalue weighted by Gasteiger charge is -2.41. The lowest BCUT2D eigenvalue weighted by atomic mass is 9.86. The fourth-order valence-electron chi connectivity index (χ4n) is 7.58. The third kappa shape index (κ3) is 8.64. The first kappa shape index (κ1) is 40.5. The zero-order valence-electron chi connectivity index (χ0n) is 31.6. The molecule has 0 saturated carbocycles. The lowest BCUT2D eigenvalue weighted by molar-refractivity contribution is -0.614. The van der Waals surface area contributed by atoms with E-state index >= 15 is 4.39 Å². The number of halogens is 3. The summed E-state index contributed by atoms with van der Waals surface area (Å²) in [5, 5.41) is 17.5. The van der Waals surface area contributed by atoms with Gasteiger partial charge < -0.3 is 34.3 Å². The molecule has 2 saturated heterocycles. The van der Waals surface area contributed by atoms with Crippen LogP contribution in [-0.2, 0) is 19.0 Å². The first-order valence-electron chi connectivity index (χ1n) is 18.8. The maximum absolute atomic E-state index is 15.2. The van der Waals surface area contributed by atoms with Crippen molar-refractivity contribution in [2.24, 2.45) is 0 Å². The van der Waals surface area contributed by atoms with E-state index in [0.717, 1.165) is 65.7 Å². The van der Waals surface area contributed by atoms with Gasteiger partial charge in [-0.05, 0) is 75.8 Å². The van der Waals surface area contributed by atoms with Crippen LogP contribution in [0.3, 0.4) is 0 Å². The zero-order chi connectivity index (χ0) is 39.3. The fourth-order valence-corrected chi connectivity index (χ4v) is 10.8. The molecule has 10 nitrogen and oxygen atoms in total. The first-order chi connectivity index (χ1) is 26.4. The van der Waals surface area contributed by atoms with Gasteiger partial charge in [-0.2, -0.15) is 0 Å². The van der Waals surface area contributed by atoms with Crippen molar-refractivity contribution < 1.29 is 47.1 Å². The number of carboxylic acids is 1. The highest BCUT2D eigenvalue weighted by atomic mass is 35.5. The van der Waals surface area contributed by atoms with Crippen LogP contribution in [-0.4, -0.2) is 120 Å². The molecule has 1 amide bonds. The van der Waals surface area contributed by atoms with Crippen molar-refractivity contribution in [1.29, 1.82) is 0 Å². The van der Waals surface area contributed by atoms with Crippen LogP contribution in [0.15, 0.2) is 65.4 Å². The molecule has 294 valence electrons. The number of aromatic carboxylic acids is 1. The van der Waals surface area contributed by atoms with Crippen molar-refractivity contribution in [1.82, 2.24) is 5.32 Å². The van der Waals surface area contributed by atoms with Gasteiger partial charge in [-0.3, -0.25) is 4.79 Å².